The van der Waals surface area contributed by atoms with Gasteiger partial charge in [0.05, 0.1) is 0 Å². The lowest BCUT2D eigenvalue weighted by atomic mass is 10.2. The number of carbonyl (C=O) groups is 1. The molecule has 2 unspecified atom stereocenters. The largest absolute Gasteiger partial charge is 0.353 e. The Kier molecular flexibility index (Phi) is 3.82. The number of carbonyl (C=O) groups excluding carboxylic acids is 1. The molecule has 0 aromatic heterocycles. The zero-order valence-electron chi connectivity index (χ0n) is 7.05. The number of halogens is 1. The molecular formula is C8H15ClN2O. The fourth-order valence-electron chi connectivity index (χ4n) is 1.53. The van der Waals surface area contributed by atoms with Crippen molar-refractivity contribution in [1.82, 2.24) is 5.32 Å². The van der Waals surface area contributed by atoms with Crippen LogP contribution in [0.4, 0.5) is 0 Å². The van der Waals surface area contributed by atoms with Crippen LogP contribution in [0, 0.1) is 0 Å². The van der Waals surface area contributed by atoms with Crippen LogP contribution in [0.3, 0.4) is 0 Å². The van der Waals surface area contributed by atoms with Crippen molar-refractivity contribution >= 4 is 17.5 Å². The van der Waals surface area contributed by atoms with Crippen LogP contribution in [-0.4, -0.2) is 23.9 Å². The Morgan fingerprint density at radius 1 is 1.58 bits per heavy atom. The molecule has 1 saturated carbocycles. The summed E-state index contributed by atoms with van der Waals surface area (Å²) >= 11 is 5.42. The molecule has 1 fully saturated rings. The van der Waals surface area contributed by atoms with Crippen LogP contribution >= 0.6 is 11.6 Å². The molecule has 3 N–H and O–H groups in total. The summed E-state index contributed by atoms with van der Waals surface area (Å²) in [7, 11) is 0. The smallest absolute Gasteiger partial charge is 0.221 e. The molecule has 4 heteroatoms. The molecule has 0 heterocycles. The van der Waals surface area contributed by atoms with Crippen LogP contribution in [-0.2, 0) is 4.79 Å². The van der Waals surface area contributed by atoms with Gasteiger partial charge in [0.15, 0.2) is 0 Å². The van der Waals surface area contributed by atoms with Gasteiger partial charge in [-0.25, -0.2) is 0 Å². The van der Waals surface area contributed by atoms with E-state index in [0.717, 1.165) is 19.3 Å². The second kappa shape index (κ2) is 4.67. The number of hydrogen-bond donors (Lipinski definition) is 2. The van der Waals surface area contributed by atoms with E-state index in [2.05, 4.69) is 5.32 Å². The van der Waals surface area contributed by atoms with E-state index in [1.54, 1.807) is 0 Å². The highest BCUT2D eigenvalue weighted by Gasteiger charge is 2.22. The van der Waals surface area contributed by atoms with E-state index in [1.807, 2.05) is 0 Å². The summed E-state index contributed by atoms with van der Waals surface area (Å²) in [6, 6.07) is 0.557. The minimum atomic E-state index is 0.0455. The molecule has 1 rings (SSSR count). The number of nitrogens with two attached hydrogens (primary N) is 1. The number of hydrogen-bond acceptors (Lipinski definition) is 2. The van der Waals surface area contributed by atoms with Gasteiger partial charge in [-0.3, -0.25) is 4.79 Å². The Labute approximate surface area is 77.6 Å². The van der Waals surface area contributed by atoms with Crippen molar-refractivity contribution < 1.29 is 4.79 Å². The highest BCUT2D eigenvalue weighted by atomic mass is 35.5. The van der Waals surface area contributed by atoms with Gasteiger partial charge in [0.1, 0.15) is 0 Å². The summed E-state index contributed by atoms with van der Waals surface area (Å²) in [6.07, 6.45) is 3.35. The highest BCUT2D eigenvalue weighted by Crippen LogP contribution is 2.16. The third-order valence-corrected chi connectivity index (χ3v) is 2.35. The zero-order valence-corrected chi connectivity index (χ0v) is 7.81. The third-order valence-electron chi connectivity index (χ3n) is 2.16. The van der Waals surface area contributed by atoms with Crippen molar-refractivity contribution in [2.75, 3.05) is 5.88 Å². The van der Waals surface area contributed by atoms with E-state index < -0.39 is 0 Å². The monoisotopic (exact) mass is 190 g/mol. The second-order valence-corrected chi connectivity index (χ2v) is 3.65. The van der Waals surface area contributed by atoms with Gasteiger partial charge in [0, 0.05) is 24.4 Å². The van der Waals surface area contributed by atoms with Gasteiger partial charge in [-0.05, 0) is 19.3 Å². The molecule has 2 atom stereocenters. The van der Waals surface area contributed by atoms with Crippen LogP contribution in [0.5, 0.6) is 0 Å². The molecule has 0 aromatic rings. The van der Waals surface area contributed by atoms with Crippen molar-refractivity contribution in [2.24, 2.45) is 5.73 Å². The first-order valence-corrected chi connectivity index (χ1v) is 4.86. The predicted octanol–water partition coefficient (Wildman–Crippen LogP) is 0.611. The van der Waals surface area contributed by atoms with Crippen LogP contribution in [0.25, 0.3) is 0 Å². The molecule has 0 radical (unpaired) electrons. The van der Waals surface area contributed by atoms with Gasteiger partial charge in [-0.1, -0.05) is 0 Å². The number of rotatable bonds is 3. The molecule has 0 bridgehead atoms. The Bertz CT molecular complexity index is 163. The predicted molar refractivity (Wildman–Crippen MR) is 49.1 cm³/mol. The standard InChI is InChI=1S/C8H15ClN2O/c9-4-3-8(12)11-7-2-1-6(10)5-7/h6-7H,1-5,10H2,(H,11,12). The summed E-state index contributed by atoms with van der Waals surface area (Å²) in [5, 5.41) is 2.91. The fraction of sp³-hybridized carbons (Fsp3) is 0.875. The Balaban J connectivity index is 2.18. The van der Waals surface area contributed by atoms with Crippen molar-refractivity contribution in [3.8, 4) is 0 Å². The first kappa shape index (κ1) is 9.81. The first-order chi connectivity index (χ1) is 5.72. The lowest BCUT2D eigenvalue weighted by Gasteiger charge is -2.11. The molecular weight excluding hydrogens is 176 g/mol. The topological polar surface area (TPSA) is 55.1 Å². The molecule has 3 nitrogen and oxygen atoms in total. The Morgan fingerprint density at radius 2 is 2.33 bits per heavy atom. The van der Waals surface area contributed by atoms with Gasteiger partial charge in [0.2, 0.25) is 5.91 Å². The maximum atomic E-state index is 11.1. The molecule has 0 aromatic carbocycles. The average Bonchev–Trinajstić information content (AvgIpc) is 2.36. The Hall–Kier alpha value is -0.280. The number of nitrogens with one attached hydrogen (secondary N) is 1. The van der Waals surface area contributed by atoms with E-state index in [1.165, 1.54) is 0 Å². The second-order valence-electron chi connectivity index (χ2n) is 3.28. The summed E-state index contributed by atoms with van der Waals surface area (Å²) in [5.74, 6) is 0.439. The van der Waals surface area contributed by atoms with Crippen molar-refractivity contribution in [1.29, 1.82) is 0 Å². The molecule has 70 valence electrons. The molecule has 0 saturated heterocycles. The minimum Gasteiger partial charge on any atom is -0.353 e. The normalized spacial score (nSPS) is 28.8. The zero-order chi connectivity index (χ0) is 8.97. The van der Waals surface area contributed by atoms with E-state index in [0.29, 0.717) is 12.3 Å². The van der Waals surface area contributed by atoms with Gasteiger partial charge < -0.3 is 11.1 Å². The van der Waals surface area contributed by atoms with Gasteiger partial charge in [-0.15, -0.1) is 11.6 Å². The molecule has 1 aliphatic rings. The minimum absolute atomic E-state index is 0.0455. The SMILES string of the molecule is NC1CCC(NC(=O)CCCl)C1. The molecule has 12 heavy (non-hydrogen) atoms. The fourth-order valence-corrected chi connectivity index (χ4v) is 1.70. The quantitative estimate of drug-likeness (QED) is 0.641. The molecule has 0 aliphatic heterocycles. The van der Waals surface area contributed by atoms with Crippen molar-refractivity contribution in [3.05, 3.63) is 0 Å². The molecule has 1 amide bonds. The average molecular weight is 191 g/mol. The van der Waals surface area contributed by atoms with Gasteiger partial charge in [-0.2, -0.15) is 0 Å². The lowest BCUT2D eigenvalue weighted by Crippen LogP contribution is -2.34. The highest BCUT2D eigenvalue weighted by molar-refractivity contribution is 6.18. The lowest BCUT2D eigenvalue weighted by molar-refractivity contribution is -0.121. The summed E-state index contributed by atoms with van der Waals surface area (Å²) < 4.78 is 0. The summed E-state index contributed by atoms with van der Waals surface area (Å²) in [4.78, 5) is 11.1. The van der Waals surface area contributed by atoms with E-state index >= 15 is 0 Å². The first-order valence-electron chi connectivity index (χ1n) is 4.33. The molecule has 0 spiro atoms. The molecule has 1 aliphatic carbocycles. The van der Waals surface area contributed by atoms with Gasteiger partial charge >= 0.3 is 0 Å². The van der Waals surface area contributed by atoms with E-state index in [4.69, 9.17) is 17.3 Å². The van der Waals surface area contributed by atoms with Crippen molar-refractivity contribution in [3.63, 3.8) is 0 Å². The number of amides is 1. The van der Waals surface area contributed by atoms with Gasteiger partial charge in [0.25, 0.3) is 0 Å². The van der Waals surface area contributed by atoms with E-state index in [9.17, 15) is 4.79 Å². The van der Waals surface area contributed by atoms with Crippen LogP contribution < -0.4 is 11.1 Å². The summed E-state index contributed by atoms with van der Waals surface area (Å²) in [6.45, 7) is 0. The van der Waals surface area contributed by atoms with Crippen LogP contribution in [0.15, 0.2) is 0 Å². The summed E-state index contributed by atoms with van der Waals surface area (Å²) in [5.41, 5.74) is 5.70. The van der Waals surface area contributed by atoms with E-state index in [-0.39, 0.29) is 18.0 Å². The maximum absolute atomic E-state index is 11.1. The Morgan fingerprint density at radius 3 is 2.83 bits per heavy atom. The third kappa shape index (κ3) is 2.99. The number of alkyl halides is 1. The van der Waals surface area contributed by atoms with Crippen LogP contribution in [0.2, 0.25) is 0 Å². The maximum Gasteiger partial charge on any atom is 0.221 e. The van der Waals surface area contributed by atoms with Crippen molar-refractivity contribution in [2.45, 2.75) is 37.8 Å². The van der Waals surface area contributed by atoms with Crippen LogP contribution in [0.1, 0.15) is 25.7 Å².